The standard InChI is InChI=1S/C21H21NO3S/c1-2-15-8-9-18-17(11-21(24)25-19(18)10-15)13-26-14-20(23)22-12-16-6-4-3-5-7-16/h3-11H,2,12-14H2,1H3,(H,22,23). The highest BCUT2D eigenvalue weighted by atomic mass is 32.2. The number of hydrogen-bond acceptors (Lipinski definition) is 4. The van der Waals surface area contributed by atoms with Crippen LogP contribution in [0.2, 0.25) is 0 Å². The molecule has 4 nitrogen and oxygen atoms in total. The van der Waals surface area contributed by atoms with E-state index in [1.807, 2.05) is 48.5 Å². The fourth-order valence-electron chi connectivity index (χ4n) is 2.71. The predicted molar refractivity (Wildman–Crippen MR) is 106 cm³/mol. The van der Waals surface area contributed by atoms with Gasteiger partial charge in [0, 0.05) is 23.8 Å². The van der Waals surface area contributed by atoms with Crippen LogP contribution in [-0.4, -0.2) is 11.7 Å². The summed E-state index contributed by atoms with van der Waals surface area (Å²) in [6, 6.07) is 17.3. The Morgan fingerprint density at radius 1 is 1.08 bits per heavy atom. The summed E-state index contributed by atoms with van der Waals surface area (Å²) >= 11 is 1.49. The first-order valence-electron chi connectivity index (χ1n) is 8.59. The van der Waals surface area contributed by atoms with Crippen molar-refractivity contribution >= 4 is 28.6 Å². The van der Waals surface area contributed by atoms with Gasteiger partial charge in [-0.05, 0) is 29.2 Å². The normalized spacial score (nSPS) is 10.8. The first-order chi connectivity index (χ1) is 12.7. The number of carbonyl (C=O) groups is 1. The van der Waals surface area contributed by atoms with Crippen LogP contribution in [0, 0.1) is 0 Å². The smallest absolute Gasteiger partial charge is 0.336 e. The van der Waals surface area contributed by atoms with Gasteiger partial charge in [0.2, 0.25) is 5.91 Å². The van der Waals surface area contributed by atoms with Crippen LogP contribution in [0.3, 0.4) is 0 Å². The van der Waals surface area contributed by atoms with Gasteiger partial charge < -0.3 is 9.73 Å². The zero-order chi connectivity index (χ0) is 18.4. The molecule has 2 aromatic carbocycles. The minimum Gasteiger partial charge on any atom is -0.423 e. The Balaban J connectivity index is 1.59. The van der Waals surface area contributed by atoms with Crippen molar-refractivity contribution in [1.29, 1.82) is 0 Å². The Hall–Kier alpha value is -2.53. The fourth-order valence-corrected chi connectivity index (χ4v) is 3.56. The zero-order valence-electron chi connectivity index (χ0n) is 14.7. The van der Waals surface area contributed by atoms with E-state index in [1.165, 1.54) is 17.8 Å². The summed E-state index contributed by atoms with van der Waals surface area (Å²) in [5, 5.41) is 3.84. The number of amides is 1. The molecule has 5 heteroatoms. The summed E-state index contributed by atoms with van der Waals surface area (Å²) in [7, 11) is 0. The van der Waals surface area contributed by atoms with Gasteiger partial charge >= 0.3 is 5.63 Å². The van der Waals surface area contributed by atoms with Gasteiger partial charge in [-0.1, -0.05) is 49.4 Å². The monoisotopic (exact) mass is 367 g/mol. The quantitative estimate of drug-likeness (QED) is 0.643. The van der Waals surface area contributed by atoms with Crippen molar-refractivity contribution in [2.24, 2.45) is 0 Å². The Bertz CT molecular complexity index is 950. The van der Waals surface area contributed by atoms with Crippen molar-refractivity contribution in [3.8, 4) is 0 Å². The molecule has 134 valence electrons. The minimum atomic E-state index is -0.352. The molecular weight excluding hydrogens is 346 g/mol. The Morgan fingerprint density at radius 2 is 1.88 bits per heavy atom. The van der Waals surface area contributed by atoms with Crippen LogP contribution in [0.25, 0.3) is 11.0 Å². The molecular formula is C21H21NO3S. The van der Waals surface area contributed by atoms with E-state index in [0.717, 1.165) is 28.5 Å². The maximum atomic E-state index is 12.0. The van der Waals surface area contributed by atoms with Crippen LogP contribution < -0.4 is 10.9 Å². The molecule has 0 unspecified atom stereocenters. The van der Waals surface area contributed by atoms with E-state index in [4.69, 9.17) is 4.42 Å². The van der Waals surface area contributed by atoms with Gasteiger partial charge in [-0.25, -0.2) is 4.79 Å². The summed E-state index contributed by atoms with van der Waals surface area (Å²) in [6.45, 7) is 2.59. The molecule has 3 aromatic rings. The average Bonchev–Trinajstić information content (AvgIpc) is 2.66. The van der Waals surface area contributed by atoms with Gasteiger partial charge in [-0.15, -0.1) is 11.8 Å². The number of fused-ring (bicyclic) bond motifs is 1. The van der Waals surface area contributed by atoms with E-state index in [0.29, 0.717) is 23.6 Å². The number of thioether (sulfide) groups is 1. The van der Waals surface area contributed by atoms with E-state index >= 15 is 0 Å². The lowest BCUT2D eigenvalue weighted by molar-refractivity contribution is -0.118. The number of benzene rings is 2. The van der Waals surface area contributed by atoms with E-state index in [9.17, 15) is 9.59 Å². The Labute approximate surface area is 156 Å². The van der Waals surface area contributed by atoms with Gasteiger partial charge in [0.1, 0.15) is 5.58 Å². The molecule has 0 aliphatic rings. The fraction of sp³-hybridized carbons (Fsp3) is 0.238. The van der Waals surface area contributed by atoms with Gasteiger partial charge in [0.25, 0.3) is 0 Å². The molecule has 0 atom stereocenters. The van der Waals surface area contributed by atoms with Gasteiger partial charge in [-0.2, -0.15) is 0 Å². The summed E-state index contributed by atoms with van der Waals surface area (Å²) < 4.78 is 5.32. The molecule has 0 fully saturated rings. The lowest BCUT2D eigenvalue weighted by Crippen LogP contribution is -2.24. The van der Waals surface area contributed by atoms with Crippen LogP contribution in [0.5, 0.6) is 0 Å². The molecule has 0 radical (unpaired) electrons. The maximum absolute atomic E-state index is 12.0. The van der Waals surface area contributed by atoms with E-state index in [1.54, 1.807) is 0 Å². The maximum Gasteiger partial charge on any atom is 0.336 e. The van der Waals surface area contributed by atoms with Crippen molar-refractivity contribution in [3.05, 3.63) is 81.7 Å². The molecule has 0 aliphatic heterocycles. The van der Waals surface area contributed by atoms with Gasteiger partial charge in [-0.3, -0.25) is 4.79 Å². The van der Waals surface area contributed by atoms with Crippen LogP contribution in [0.15, 0.2) is 63.8 Å². The van der Waals surface area contributed by atoms with Gasteiger partial charge in [0.05, 0.1) is 5.75 Å². The summed E-state index contributed by atoms with van der Waals surface area (Å²) in [5.41, 5.74) is 3.37. The van der Waals surface area contributed by atoms with E-state index < -0.39 is 0 Å². The Morgan fingerprint density at radius 3 is 2.65 bits per heavy atom. The Kier molecular flexibility index (Phi) is 6.12. The van der Waals surface area contributed by atoms with Gasteiger partial charge in [0.15, 0.2) is 0 Å². The van der Waals surface area contributed by atoms with E-state index in [2.05, 4.69) is 12.2 Å². The highest BCUT2D eigenvalue weighted by molar-refractivity contribution is 7.99. The average molecular weight is 367 g/mol. The largest absolute Gasteiger partial charge is 0.423 e. The third kappa shape index (κ3) is 4.76. The third-order valence-electron chi connectivity index (χ3n) is 4.13. The number of carbonyl (C=O) groups excluding carboxylic acids is 1. The molecule has 1 heterocycles. The molecule has 1 aromatic heterocycles. The molecule has 0 saturated heterocycles. The molecule has 0 spiro atoms. The molecule has 1 N–H and O–H groups in total. The summed E-state index contributed by atoms with van der Waals surface area (Å²) in [6.07, 6.45) is 0.889. The summed E-state index contributed by atoms with van der Waals surface area (Å²) in [4.78, 5) is 23.8. The van der Waals surface area contributed by atoms with Crippen LogP contribution in [0.4, 0.5) is 0 Å². The molecule has 1 amide bonds. The first kappa shape index (κ1) is 18.3. The highest BCUT2D eigenvalue weighted by Crippen LogP contribution is 2.22. The third-order valence-corrected chi connectivity index (χ3v) is 5.11. The van der Waals surface area contributed by atoms with Crippen LogP contribution >= 0.6 is 11.8 Å². The minimum absolute atomic E-state index is 0.0145. The summed E-state index contributed by atoms with van der Waals surface area (Å²) in [5.74, 6) is 0.924. The second kappa shape index (κ2) is 8.72. The van der Waals surface area contributed by atoms with Crippen molar-refractivity contribution in [1.82, 2.24) is 5.32 Å². The lowest BCUT2D eigenvalue weighted by atomic mass is 10.1. The van der Waals surface area contributed by atoms with Crippen molar-refractivity contribution in [2.45, 2.75) is 25.6 Å². The highest BCUT2D eigenvalue weighted by Gasteiger charge is 2.08. The SMILES string of the molecule is CCc1ccc2c(CSCC(=O)NCc3ccccc3)cc(=O)oc2c1. The number of nitrogens with one attached hydrogen (secondary N) is 1. The lowest BCUT2D eigenvalue weighted by Gasteiger charge is -2.07. The number of hydrogen-bond donors (Lipinski definition) is 1. The zero-order valence-corrected chi connectivity index (χ0v) is 15.5. The number of aryl methyl sites for hydroxylation is 1. The van der Waals surface area contributed by atoms with Crippen molar-refractivity contribution in [3.63, 3.8) is 0 Å². The number of rotatable bonds is 7. The second-order valence-corrected chi connectivity index (χ2v) is 7.02. The van der Waals surface area contributed by atoms with Crippen LogP contribution in [0.1, 0.15) is 23.6 Å². The van der Waals surface area contributed by atoms with E-state index in [-0.39, 0.29) is 11.5 Å². The molecule has 0 aliphatic carbocycles. The molecule has 26 heavy (non-hydrogen) atoms. The molecule has 0 bridgehead atoms. The van der Waals surface area contributed by atoms with Crippen LogP contribution in [-0.2, 0) is 23.5 Å². The second-order valence-electron chi connectivity index (χ2n) is 6.03. The first-order valence-corrected chi connectivity index (χ1v) is 9.75. The van der Waals surface area contributed by atoms with Crippen molar-refractivity contribution < 1.29 is 9.21 Å². The van der Waals surface area contributed by atoms with Crippen molar-refractivity contribution in [2.75, 3.05) is 5.75 Å². The topological polar surface area (TPSA) is 59.3 Å². The predicted octanol–water partition coefficient (Wildman–Crippen LogP) is 3.91. The molecule has 3 rings (SSSR count). The molecule has 0 saturated carbocycles.